The van der Waals surface area contributed by atoms with E-state index in [9.17, 15) is 4.79 Å². The molecule has 0 bridgehead atoms. The van der Waals surface area contributed by atoms with Gasteiger partial charge in [-0.1, -0.05) is 13.3 Å². The summed E-state index contributed by atoms with van der Waals surface area (Å²) < 4.78 is 11.1. The zero-order chi connectivity index (χ0) is 12.5. The molecule has 2 aliphatic rings. The second kappa shape index (κ2) is 4.60. The first kappa shape index (κ1) is 12.9. The normalized spacial score (nSPS) is 29.0. The molecule has 2 fully saturated rings. The van der Waals surface area contributed by atoms with Crippen molar-refractivity contribution in [3.05, 3.63) is 0 Å². The van der Waals surface area contributed by atoms with E-state index in [4.69, 9.17) is 9.47 Å². The third-order valence-electron chi connectivity index (χ3n) is 3.84. The topological polar surface area (TPSA) is 35.5 Å². The number of esters is 1. The summed E-state index contributed by atoms with van der Waals surface area (Å²) in [4.78, 5) is 11.9. The predicted octanol–water partition coefficient (Wildman–Crippen LogP) is 3.07. The zero-order valence-corrected chi connectivity index (χ0v) is 11.3. The van der Waals surface area contributed by atoms with E-state index in [1.165, 1.54) is 12.8 Å². The number of hydrogen-bond donors (Lipinski definition) is 0. The second-order valence-corrected chi connectivity index (χ2v) is 6.27. The van der Waals surface area contributed by atoms with Crippen LogP contribution in [0.2, 0.25) is 0 Å². The lowest BCUT2D eigenvalue weighted by molar-refractivity contribution is -0.183. The minimum atomic E-state index is -0.335. The van der Waals surface area contributed by atoms with Crippen molar-refractivity contribution in [1.29, 1.82) is 0 Å². The molecule has 0 aromatic heterocycles. The van der Waals surface area contributed by atoms with E-state index in [1.54, 1.807) is 0 Å². The van der Waals surface area contributed by atoms with Gasteiger partial charge < -0.3 is 9.47 Å². The van der Waals surface area contributed by atoms with Gasteiger partial charge in [0.25, 0.3) is 0 Å². The van der Waals surface area contributed by atoms with Gasteiger partial charge in [-0.3, -0.25) is 0 Å². The summed E-state index contributed by atoms with van der Waals surface area (Å²) in [5.41, 5.74) is 0.208. The van der Waals surface area contributed by atoms with Crippen molar-refractivity contribution in [3.8, 4) is 0 Å². The number of unbranched alkanes of at least 4 members (excludes halogenated alkanes) is 1. The van der Waals surface area contributed by atoms with E-state index in [0.717, 1.165) is 25.7 Å². The lowest BCUT2D eigenvalue weighted by atomic mass is 9.83. The highest BCUT2D eigenvalue weighted by Gasteiger charge is 2.53. The van der Waals surface area contributed by atoms with E-state index in [-0.39, 0.29) is 17.7 Å². The molecule has 0 unspecified atom stereocenters. The molecule has 1 aliphatic carbocycles. The third-order valence-corrected chi connectivity index (χ3v) is 3.84. The highest BCUT2D eigenvalue weighted by Crippen LogP contribution is 2.58. The Bertz CT molecular complexity index is 286. The first-order chi connectivity index (χ1) is 7.96. The first-order valence-corrected chi connectivity index (χ1v) is 6.81. The molecule has 1 spiro atoms. The molecule has 17 heavy (non-hydrogen) atoms. The van der Waals surface area contributed by atoms with Crippen LogP contribution in [0, 0.1) is 5.41 Å². The molecule has 1 heterocycles. The molecule has 1 saturated carbocycles. The van der Waals surface area contributed by atoms with Gasteiger partial charge in [0.1, 0.15) is 0 Å². The molecular weight excluding hydrogens is 216 g/mol. The second-order valence-electron chi connectivity index (χ2n) is 6.27. The number of hydrogen-bond acceptors (Lipinski definition) is 3. The van der Waals surface area contributed by atoms with Crippen LogP contribution in [0.4, 0.5) is 0 Å². The van der Waals surface area contributed by atoms with Crippen LogP contribution in [0.1, 0.15) is 59.3 Å². The number of carbonyl (C=O) groups excluding carboxylic acids is 1. The average molecular weight is 240 g/mol. The lowest BCUT2D eigenvalue weighted by Crippen LogP contribution is -2.44. The van der Waals surface area contributed by atoms with Gasteiger partial charge in [-0.05, 0) is 51.4 Å². The monoisotopic (exact) mass is 240 g/mol. The standard InChI is InChI=1S/C14H24O3/c1-4-5-8-16-12(15)11-9-14(6-7-14)10-13(2,3)17-11/h11H,4-10H2,1-3H3/t11-/m0/s1. The fraction of sp³-hybridized carbons (Fsp3) is 0.929. The maximum Gasteiger partial charge on any atom is 0.335 e. The van der Waals surface area contributed by atoms with E-state index in [0.29, 0.717) is 12.0 Å². The largest absolute Gasteiger partial charge is 0.464 e. The average Bonchev–Trinajstić information content (AvgIpc) is 2.94. The van der Waals surface area contributed by atoms with Crippen molar-refractivity contribution in [2.24, 2.45) is 5.41 Å². The Morgan fingerprint density at radius 1 is 1.41 bits per heavy atom. The van der Waals surface area contributed by atoms with Crippen molar-refractivity contribution in [1.82, 2.24) is 0 Å². The van der Waals surface area contributed by atoms with E-state index < -0.39 is 0 Å². The summed E-state index contributed by atoms with van der Waals surface area (Å²) in [6.07, 6.45) is 6.09. The maximum atomic E-state index is 11.9. The van der Waals surface area contributed by atoms with Gasteiger partial charge in [0, 0.05) is 0 Å². The maximum absolute atomic E-state index is 11.9. The van der Waals surface area contributed by atoms with Crippen molar-refractivity contribution in [3.63, 3.8) is 0 Å². The molecule has 0 N–H and O–H groups in total. The predicted molar refractivity (Wildman–Crippen MR) is 65.7 cm³/mol. The van der Waals surface area contributed by atoms with Crippen molar-refractivity contribution in [2.45, 2.75) is 71.0 Å². The van der Waals surface area contributed by atoms with Gasteiger partial charge >= 0.3 is 5.97 Å². The highest BCUT2D eigenvalue weighted by atomic mass is 16.6. The minimum absolute atomic E-state index is 0.155. The summed E-state index contributed by atoms with van der Waals surface area (Å²) in [5.74, 6) is -0.155. The molecule has 1 atom stereocenters. The van der Waals surface area contributed by atoms with Crippen molar-refractivity contribution >= 4 is 5.97 Å². The molecule has 0 aromatic rings. The van der Waals surface area contributed by atoms with E-state index >= 15 is 0 Å². The summed E-state index contributed by atoms with van der Waals surface area (Å²) in [6, 6.07) is 0. The summed E-state index contributed by atoms with van der Waals surface area (Å²) in [7, 11) is 0. The molecule has 3 heteroatoms. The van der Waals surface area contributed by atoms with Crippen LogP contribution >= 0.6 is 0 Å². The Morgan fingerprint density at radius 2 is 2.12 bits per heavy atom. The molecule has 0 aromatic carbocycles. The fourth-order valence-corrected chi connectivity index (χ4v) is 2.94. The lowest BCUT2D eigenvalue weighted by Gasteiger charge is -2.40. The van der Waals surface area contributed by atoms with Crippen LogP contribution < -0.4 is 0 Å². The molecule has 1 saturated heterocycles. The van der Waals surface area contributed by atoms with Gasteiger partial charge in [0.15, 0.2) is 6.10 Å². The van der Waals surface area contributed by atoms with Crippen LogP contribution in [0.15, 0.2) is 0 Å². The summed E-state index contributed by atoms with van der Waals surface area (Å²) in [6.45, 7) is 6.78. The number of carbonyl (C=O) groups is 1. The first-order valence-electron chi connectivity index (χ1n) is 6.81. The van der Waals surface area contributed by atoms with E-state index in [2.05, 4.69) is 20.8 Å². The highest BCUT2D eigenvalue weighted by molar-refractivity contribution is 5.75. The Labute approximate surface area is 104 Å². The van der Waals surface area contributed by atoms with Crippen molar-refractivity contribution in [2.75, 3.05) is 6.61 Å². The fourth-order valence-electron chi connectivity index (χ4n) is 2.94. The summed E-state index contributed by atoms with van der Waals surface area (Å²) >= 11 is 0. The Hall–Kier alpha value is -0.570. The summed E-state index contributed by atoms with van der Waals surface area (Å²) in [5, 5.41) is 0. The van der Waals surface area contributed by atoms with Gasteiger partial charge in [0.2, 0.25) is 0 Å². The Balaban J connectivity index is 1.89. The third kappa shape index (κ3) is 3.21. The quantitative estimate of drug-likeness (QED) is 0.559. The Morgan fingerprint density at radius 3 is 2.71 bits per heavy atom. The van der Waals surface area contributed by atoms with E-state index in [1.807, 2.05) is 0 Å². The minimum Gasteiger partial charge on any atom is -0.464 e. The van der Waals surface area contributed by atoms with Gasteiger partial charge in [-0.25, -0.2) is 4.79 Å². The van der Waals surface area contributed by atoms with Crippen LogP contribution in [0.25, 0.3) is 0 Å². The molecule has 98 valence electrons. The van der Waals surface area contributed by atoms with Gasteiger partial charge in [-0.2, -0.15) is 0 Å². The molecule has 0 radical (unpaired) electrons. The van der Waals surface area contributed by atoms with Crippen LogP contribution in [-0.2, 0) is 14.3 Å². The number of rotatable bonds is 4. The van der Waals surface area contributed by atoms with Crippen molar-refractivity contribution < 1.29 is 14.3 Å². The smallest absolute Gasteiger partial charge is 0.335 e. The SMILES string of the molecule is CCCCOC(=O)[C@@H]1CC2(CC2)CC(C)(C)O1. The van der Waals surface area contributed by atoms with Gasteiger partial charge in [0.05, 0.1) is 12.2 Å². The molecule has 3 nitrogen and oxygen atoms in total. The molecular formula is C14H24O3. The van der Waals surface area contributed by atoms with Crippen LogP contribution in [-0.4, -0.2) is 24.3 Å². The molecule has 0 amide bonds. The molecule has 2 rings (SSSR count). The van der Waals surface area contributed by atoms with Crippen LogP contribution in [0.3, 0.4) is 0 Å². The Kier molecular flexibility index (Phi) is 3.48. The van der Waals surface area contributed by atoms with Crippen LogP contribution in [0.5, 0.6) is 0 Å². The molecule has 1 aliphatic heterocycles. The zero-order valence-electron chi connectivity index (χ0n) is 11.3. The number of ether oxygens (including phenoxy) is 2. The van der Waals surface area contributed by atoms with Gasteiger partial charge in [-0.15, -0.1) is 0 Å².